The van der Waals surface area contributed by atoms with Gasteiger partial charge in [0.25, 0.3) is 0 Å². The Morgan fingerprint density at radius 1 is 1.08 bits per heavy atom. The van der Waals surface area contributed by atoms with Crippen LogP contribution in [-0.2, 0) is 20.8 Å². The molecule has 0 fully saturated rings. The number of guanidine groups is 1. The molecule has 13 nitrogen and oxygen atoms in total. The summed E-state index contributed by atoms with van der Waals surface area (Å²) in [7, 11) is 0. The van der Waals surface area contributed by atoms with Crippen LogP contribution in [0.2, 0.25) is 0 Å². The van der Waals surface area contributed by atoms with E-state index in [1.807, 2.05) is 0 Å². The third-order valence-electron chi connectivity index (χ3n) is 5.44. The molecule has 0 saturated carbocycles. The third kappa shape index (κ3) is 7.49. The first-order chi connectivity index (χ1) is 17.5. The van der Waals surface area contributed by atoms with Crippen molar-refractivity contribution in [2.45, 2.75) is 44.0 Å². The van der Waals surface area contributed by atoms with E-state index in [0.29, 0.717) is 16.8 Å². The first kappa shape index (κ1) is 27.1. The minimum absolute atomic E-state index is 0.0966. The summed E-state index contributed by atoms with van der Waals surface area (Å²) in [4.78, 5) is 44.4. The van der Waals surface area contributed by atoms with E-state index in [9.17, 15) is 29.7 Å². The molecule has 3 rings (SSSR count). The maximum absolute atomic E-state index is 12.7. The number of carbonyl (C=O) groups excluding carboxylic acids is 1. The number of hydrogen-bond acceptors (Lipinski definition) is 9. The summed E-state index contributed by atoms with van der Waals surface area (Å²) < 4.78 is 5.47. The molecule has 196 valence electrons. The maximum Gasteiger partial charge on any atom is 0.343 e. The molecule has 0 aromatic heterocycles. The van der Waals surface area contributed by atoms with Gasteiger partial charge in [-0.3, -0.25) is 9.59 Å². The number of oxime groups is 1. The standard InChI is InChI=1S/C24H26N4O9/c25-23(26)27-15-5-1-14(2-6-15)22(35)36-16-7-3-13(4-8-19(29)30)17(9-16)18-10-24(37-28-18,11-20(31)32)12-21(33)34/h1-3,5-7,9,20,31-32H,4,8,10-12H2,(H,29,30)(H,33,34)(H4,25,26,27). The van der Waals surface area contributed by atoms with Crippen LogP contribution in [0.15, 0.2) is 52.6 Å². The Balaban J connectivity index is 1.88. The molecular weight excluding hydrogens is 488 g/mol. The first-order valence-electron chi connectivity index (χ1n) is 11.1. The highest BCUT2D eigenvalue weighted by Crippen LogP contribution is 2.36. The van der Waals surface area contributed by atoms with Gasteiger partial charge in [-0.1, -0.05) is 11.2 Å². The van der Waals surface area contributed by atoms with Crippen LogP contribution in [0.3, 0.4) is 0 Å². The molecule has 37 heavy (non-hydrogen) atoms. The van der Waals surface area contributed by atoms with Gasteiger partial charge in [-0.2, -0.15) is 0 Å². The summed E-state index contributed by atoms with van der Waals surface area (Å²) in [5.74, 6) is -2.96. The van der Waals surface area contributed by atoms with Gasteiger partial charge in [-0.25, -0.2) is 9.79 Å². The predicted octanol–water partition coefficient (Wildman–Crippen LogP) is 0.867. The lowest BCUT2D eigenvalue weighted by atomic mass is 9.86. The number of aliphatic hydroxyl groups is 2. The lowest BCUT2D eigenvalue weighted by Crippen LogP contribution is -2.36. The minimum Gasteiger partial charge on any atom is -0.481 e. The van der Waals surface area contributed by atoms with Gasteiger partial charge in [0.15, 0.2) is 17.9 Å². The summed E-state index contributed by atoms with van der Waals surface area (Å²) in [6.07, 6.45) is -2.99. The Labute approximate surface area is 210 Å². The molecule has 0 bridgehead atoms. The van der Waals surface area contributed by atoms with Crippen LogP contribution < -0.4 is 16.2 Å². The molecule has 13 heteroatoms. The van der Waals surface area contributed by atoms with Crippen LogP contribution in [0.5, 0.6) is 5.75 Å². The second-order valence-electron chi connectivity index (χ2n) is 8.43. The van der Waals surface area contributed by atoms with E-state index in [1.165, 1.54) is 36.4 Å². The van der Waals surface area contributed by atoms with Crippen LogP contribution in [0, 0.1) is 0 Å². The van der Waals surface area contributed by atoms with Gasteiger partial charge in [0.2, 0.25) is 0 Å². The summed E-state index contributed by atoms with van der Waals surface area (Å²) in [5.41, 5.74) is 11.0. The summed E-state index contributed by atoms with van der Waals surface area (Å²) in [6.45, 7) is 0. The van der Waals surface area contributed by atoms with Crippen molar-refractivity contribution in [3.05, 3.63) is 59.2 Å². The first-order valence-corrected chi connectivity index (χ1v) is 11.1. The van der Waals surface area contributed by atoms with E-state index in [2.05, 4.69) is 10.1 Å². The molecule has 0 amide bonds. The number of carbonyl (C=O) groups is 3. The average molecular weight is 514 g/mol. The van der Waals surface area contributed by atoms with Crippen molar-refractivity contribution in [1.29, 1.82) is 0 Å². The molecule has 1 aliphatic rings. The Morgan fingerprint density at radius 2 is 1.78 bits per heavy atom. The largest absolute Gasteiger partial charge is 0.481 e. The van der Waals surface area contributed by atoms with E-state index in [1.54, 1.807) is 6.07 Å². The number of carboxylic acid groups (broad SMARTS) is 2. The number of aliphatic imine (C=N–C) groups is 1. The number of ether oxygens (including phenoxy) is 1. The lowest BCUT2D eigenvalue weighted by Gasteiger charge is -2.25. The number of aryl methyl sites for hydroxylation is 1. The zero-order valence-electron chi connectivity index (χ0n) is 19.5. The van der Waals surface area contributed by atoms with Gasteiger partial charge in [0, 0.05) is 24.8 Å². The number of aliphatic hydroxyl groups excluding tert-OH is 1. The number of carboxylic acids is 2. The fraction of sp³-hybridized carbons (Fsp3) is 0.292. The quantitative estimate of drug-likeness (QED) is 0.0810. The topological polar surface area (TPSA) is 227 Å². The smallest absolute Gasteiger partial charge is 0.343 e. The highest BCUT2D eigenvalue weighted by atomic mass is 16.7. The van der Waals surface area contributed by atoms with Crippen molar-refractivity contribution in [2.24, 2.45) is 21.6 Å². The Hall–Kier alpha value is -4.49. The molecule has 2 aromatic carbocycles. The van der Waals surface area contributed by atoms with Crippen LogP contribution in [-0.4, -0.2) is 61.9 Å². The zero-order valence-corrected chi connectivity index (χ0v) is 19.5. The van der Waals surface area contributed by atoms with E-state index >= 15 is 0 Å². The van der Waals surface area contributed by atoms with Crippen molar-refractivity contribution >= 4 is 35.3 Å². The molecule has 0 radical (unpaired) electrons. The number of rotatable bonds is 11. The fourth-order valence-electron chi connectivity index (χ4n) is 3.89. The summed E-state index contributed by atoms with van der Waals surface area (Å²) in [6, 6.07) is 10.5. The van der Waals surface area contributed by atoms with E-state index in [0.717, 1.165) is 0 Å². The summed E-state index contributed by atoms with van der Waals surface area (Å²) in [5, 5.41) is 41.3. The zero-order chi connectivity index (χ0) is 27.2. The Morgan fingerprint density at radius 3 is 2.38 bits per heavy atom. The predicted molar refractivity (Wildman–Crippen MR) is 129 cm³/mol. The minimum atomic E-state index is -1.84. The number of hydrogen-bond donors (Lipinski definition) is 6. The van der Waals surface area contributed by atoms with Gasteiger partial charge in [-0.15, -0.1) is 0 Å². The van der Waals surface area contributed by atoms with Crippen molar-refractivity contribution in [3.63, 3.8) is 0 Å². The number of esters is 1. The Bertz CT molecular complexity index is 1240. The number of nitrogens with two attached hydrogens (primary N) is 2. The molecule has 8 N–H and O–H groups in total. The van der Waals surface area contributed by atoms with Gasteiger partial charge >= 0.3 is 17.9 Å². The number of nitrogens with zero attached hydrogens (tertiary/aromatic N) is 2. The highest BCUT2D eigenvalue weighted by molar-refractivity contribution is 6.03. The normalized spacial score (nSPS) is 16.6. The van der Waals surface area contributed by atoms with E-state index in [4.69, 9.17) is 26.1 Å². The molecule has 2 aromatic rings. The Kier molecular flexibility index (Phi) is 8.42. The molecule has 1 unspecified atom stereocenters. The molecule has 1 heterocycles. The van der Waals surface area contributed by atoms with Crippen LogP contribution in [0.25, 0.3) is 0 Å². The van der Waals surface area contributed by atoms with E-state index in [-0.39, 0.29) is 42.2 Å². The molecule has 1 aliphatic heterocycles. The van der Waals surface area contributed by atoms with Crippen LogP contribution in [0.4, 0.5) is 5.69 Å². The monoisotopic (exact) mass is 514 g/mol. The van der Waals surface area contributed by atoms with Gasteiger partial charge in [0.05, 0.1) is 23.4 Å². The molecule has 0 saturated heterocycles. The number of aliphatic carboxylic acids is 2. The molecule has 1 atom stereocenters. The summed E-state index contributed by atoms with van der Waals surface area (Å²) >= 11 is 0. The average Bonchev–Trinajstić information content (AvgIpc) is 3.19. The van der Waals surface area contributed by atoms with Gasteiger partial charge in [0.1, 0.15) is 5.75 Å². The van der Waals surface area contributed by atoms with Crippen LogP contribution in [0.1, 0.15) is 47.2 Å². The second kappa shape index (κ2) is 11.5. The molecule has 0 spiro atoms. The second-order valence-corrected chi connectivity index (χ2v) is 8.43. The van der Waals surface area contributed by atoms with Crippen LogP contribution >= 0.6 is 0 Å². The third-order valence-corrected chi connectivity index (χ3v) is 5.44. The fourth-order valence-corrected chi connectivity index (χ4v) is 3.89. The van der Waals surface area contributed by atoms with Crippen molar-refractivity contribution in [3.8, 4) is 5.75 Å². The van der Waals surface area contributed by atoms with Gasteiger partial charge < -0.3 is 41.5 Å². The maximum atomic E-state index is 12.7. The number of benzene rings is 2. The lowest BCUT2D eigenvalue weighted by molar-refractivity contribution is -0.152. The van der Waals surface area contributed by atoms with Crippen molar-refractivity contribution in [2.75, 3.05) is 0 Å². The van der Waals surface area contributed by atoms with Gasteiger partial charge in [-0.05, 0) is 48.4 Å². The highest BCUT2D eigenvalue weighted by Gasteiger charge is 2.43. The van der Waals surface area contributed by atoms with E-state index < -0.39 is 42.6 Å². The van der Waals surface area contributed by atoms with Crippen molar-refractivity contribution < 1.29 is 44.4 Å². The SMILES string of the molecule is NC(N)=Nc1ccc(C(=O)Oc2ccc(CCC(=O)O)c(C3=NOC(CC(=O)O)(CC(O)O)C3)c2)cc1. The van der Waals surface area contributed by atoms with Crippen molar-refractivity contribution in [1.82, 2.24) is 0 Å². The molecule has 0 aliphatic carbocycles. The molecular formula is C24H26N4O9.